The molecule has 0 fully saturated rings. The van der Waals surface area contributed by atoms with E-state index in [0.29, 0.717) is 6.42 Å². The van der Waals surface area contributed by atoms with E-state index < -0.39 is 16.1 Å². The highest BCUT2D eigenvalue weighted by Crippen LogP contribution is 2.23. The number of hydrogen-bond donors (Lipinski definition) is 1. The number of hydrogen-bond acceptors (Lipinski definition) is 5. The molecule has 4 rings (SSSR count). The Morgan fingerprint density at radius 2 is 1.68 bits per heavy atom. The van der Waals surface area contributed by atoms with Gasteiger partial charge in [0.05, 0.1) is 17.3 Å². The highest BCUT2D eigenvalue weighted by molar-refractivity contribution is 7.90. The summed E-state index contributed by atoms with van der Waals surface area (Å²) in [5.74, 6) is 1.01. The van der Waals surface area contributed by atoms with Crippen LogP contribution in [0.25, 0.3) is 16.9 Å². The Morgan fingerprint density at radius 1 is 0.973 bits per heavy atom. The topological polar surface area (TPSA) is 90.3 Å². The molecule has 0 radical (unpaired) electrons. The number of sulfonamides is 1. The molecule has 0 aliphatic heterocycles. The summed E-state index contributed by atoms with van der Waals surface area (Å²) in [5.41, 5.74) is 3.95. The first-order chi connectivity index (χ1) is 17.9. The fraction of sp³-hybridized carbons (Fsp3) is 0.214. The van der Waals surface area contributed by atoms with E-state index >= 15 is 0 Å². The number of imidazole rings is 1. The second kappa shape index (κ2) is 12.1. The molecular formula is C28H28ClN3O4S. The van der Waals surface area contributed by atoms with Crippen LogP contribution in [0.3, 0.4) is 0 Å². The maximum Gasteiger partial charge on any atom is 0.421 e. The molecule has 3 aromatic carbocycles. The smallest absolute Gasteiger partial charge is 0.421 e. The zero-order valence-corrected chi connectivity index (χ0v) is 22.0. The number of benzene rings is 3. The second-order valence-corrected chi connectivity index (χ2v) is 10.5. The number of unbranched alkanes of at least 4 members (excludes halogenated alkanes) is 1. The number of aryl methyl sites for hydroxylation is 1. The lowest BCUT2D eigenvalue weighted by Gasteiger charge is -2.10. The van der Waals surface area contributed by atoms with E-state index in [1.807, 2.05) is 47.2 Å². The van der Waals surface area contributed by atoms with Crippen LogP contribution in [0.1, 0.15) is 31.2 Å². The number of nitrogens with zero attached hydrogens (tertiary/aromatic N) is 2. The summed E-state index contributed by atoms with van der Waals surface area (Å²) in [5, 5.41) is 0.0227. The van der Waals surface area contributed by atoms with Crippen molar-refractivity contribution in [1.82, 2.24) is 14.3 Å². The third kappa shape index (κ3) is 6.78. The fourth-order valence-corrected chi connectivity index (χ4v) is 5.25. The lowest BCUT2D eigenvalue weighted by molar-refractivity contribution is 0.154. The van der Waals surface area contributed by atoms with Crippen LogP contribution >= 0.6 is 11.6 Å². The fourth-order valence-electron chi connectivity index (χ4n) is 3.84. The molecule has 0 spiro atoms. The third-order valence-corrected chi connectivity index (χ3v) is 7.60. The minimum atomic E-state index is -4.12. The maximum atomic E-state index is 12.4. The van der Waals surface area contributed by atoms with E-state index in [4.69, 9.17) is 21.3 Å². The number of rotatable bonds is 10. The number of carbonyl (C=O) groups excluding carboxylic acids is 1. The number of ether oxygens (including phenoxy) is 1. The van der Waals surface area contributed by atoms with Crippen LogP contribution in [-0.2, 0) is 27.6 Å². The SMILES string of the molecule is CCCCc1nc(-c2ccccc2)cn1-c1ccc(CCOC(=O)NS(=O)(=O)c2ccccc2Cl)cc1. The van der Waals surface area contributed by atoms with Crippen molar-refractivity contribution in [3.8, 4) is 16.9 Å². The molecule has 0 saturated carbocycles. The standard InChI is InChI=1S/C28H28ClN3O4S/c1-2-3-13-27-30-25(22-9-5-4-6-10-22)20-32(27)23-16-14-21(15-17-23)18-19-36-28(33)31-37(34,35)26-12-8-7-11-24(26)29/h4-12,14-17,20H,2-3,13,18-19H2,1H3,(H,31,33). The van der Waals surface area contributed by atoms with Gasteiger partial charge in [-0.15, -0.1) is 0 Å². The molecule has 7 nitrogen and oxygen atoms in total. The summed E-state index contributed by atoms with van der Waals surface area (Å²) in [6, 6.07) is 23.9. The van der Waals surface area contributed by atoms with E-state index in [1.54, 1.807) is 6.07 Å². The van der Waals surface area contributed by atoms with E-state index in [0.717, 1.165) is 47.6 Å². The lowest BCUT2D eigenvalue weighted by Crippen LogP contribution is -2.31. The van der Waals surface area contributed by atoms with Crippen LogP contribution in [0.15, 0.2) is 90.0 Å². The maximum absolute atomic E-state index is 12.4. The Labute approximate surface area is 222 Å². The van der Waals surface area contributed by atoms with Crippen LogP contribution in [-0.4, -0.2) is 30.7 Å². The van der Waals surface area contributed by atoms with Crippen molar-refractivity contribution in [3.63, 3.8) is 0 Å². The normalized spacial score (nSPS) is 11.3. The minimum absolute atomic E-state index is 0.0220. The summed E-state index contributed by atoms with van der Waals surface area (Å²) < 4.78 is 33.8. The predicted molar refractivity (Wildman–Crippen MR) is 144 cm³/mol. The Hall–Kier alpha value is -3.62. The quantitative estimate of drug-likeness (QED) is 0.260. The number of halogens is 1. The van der Waals surface area contributed by atoms with E-state index in [2.05, 4.69) is 29.8 Å². The van der Waals surface area contributed by atoms with Crippen LogP contribution in [0.5, 0.6) is 0 Å². The molecule has 0 bridgehead atoms. The molecule has 1 N–H and O–H groups in total. The highest BCUT2D eigenvalue weighted by atomic mass is 35.5. The van der Waals surface area contributed by atoms with Crippen molar-refractivity contribution in [2.45, 2.75) is 37.5 Å². The molecule has 37 heavy (non-hydrogen) atoms. The van der Waals surface area contributed by atoms with Gasteiger partial charge in [-0.3, -0.25) is 0 Å². The Kier molecular flexibility index (Phi) is 8.63. The van der Waals surface area contributed by atoms with E-state index in [-0.39, 0.29) is 16.5 Å². The molecule has 0 saturated heterocycles. The monoisotopic (exact) mass is 537 g/mol. The van der Waals surface area contributed by atoms with Crippen molar-refractivity contribution in [2.75, 3.05) is 6.61 Å². The van der Waals surface area contributed by atoms with Gasteiger partial charge in [-0.2, -0.15) is 0 Å². The number of nitrogens with one attached hydrogen (secondary N) is 1. The largest absolute Gasteiger partial charge is 0.448 e. The van der Waals surface area contributed by atoms with Crippen molar-refractivity contribution < 1.29 is 17.9 Å². The molecule has 0 unspecified atom stereocenters. The zero-order chi connectivity index (χ0) is 26.3. The molecule has 192 valence electrons. The first-order valence-electron chi connectivity index (χ1n) is 12.0. The minimum Gasteiger partial charge on any atom is -0.448 e. The van der Waals surface area contributed by atoms with Gasteiger partial charge in [-0.25, -0.2) is 22.9 Å². The molecule has 4 aromatic rings. The van der Waals surface area contributed by atoms with Gasteiger partial charge in [0.15, 0.2) is 0 Å². The average Bonchev–Trinajstić information content (AvgIpc) is 3.32. The summed E-state index contributed by atoms with van der Waals surface area (Å²) >= 11 is 5.92. The van der Waals surface area contributed by atoms with Crippen molar-refractivity contribution in [3.05, 3.63) is 101 Å². The molecule has 0 aliphatic carbocycles. The first-order valence-corrected chi connectivity index (χ1v) is 13.9. The van der Waals surface area contributed by atoms with E-state index in [9.17, 15) is 13.2 Å². The molecule has 0 aliphatic rings. The zero-order valence-electron chi connectivity index (χ0n) is 20.4. The summed E-state index contributed by atoms with van der Waals surface area (Å²) in [6.07, 6.45) is 4.45. The van der Waals surface area contributed by atoms with Crippen LogP contribution in [0, 0.1) is 0 Å². The van der Waals surface area contributed by atoms with Crippen molar-refractivity contribution in [1.29, 1.82) is 0 Å². The van der Waals surface area contributed by atoms with Crippen LogP contribution in [0.2, 0.25) is 5.02 Å². The summed E-state index contributed by atoms with van der Waals surface area (Å²) in [4.78, 5) is 16.8. The lowest BCUT2D eigenvalue weighted by atomic mass is 10.1. The van der Waals surface area contributed by atoms with Crippen molar-refractivity contribution in [2.24, 2.45) is 0 Å². The molecule has 1 aromatic heterocycles. The Balaban J connectivity index is 1.38. The average molecular weight is 538 g/mol. The highest BCUT2D eigenvalue weighted by Gasteiger charge is 2.21. The number of carbonyl (C=O) groups is 1. The van der Waals surface area contributed by atoms with Gasteiger partial charge < -0.3 is 9.30 Å². The second-order valence-electron chi connectivity index (χ2n) is 8.47. The van der Waals surface area contributed by atoms with Gasteiger partial charge >= 0.3 is 6.09 Å². The van der Waals surface area contributed by atoms with Gasteiger partial charge in [0, 0.05) is 30.3 Å². The Bertz CT molecular complexity index is 1450. The van der Waals surface area contributed by atoms with Gasteiger partial charge in [-0.05, 0) is 36.2 Å². The van der Waals surface area contributed by atoms with Gasteiger partial charge in [-0.1, -0.05) is 79.5 Å². The number of aromatic nitrogens is 2. The molecule has 0 atom stereocenters. The molecular weight excluding hydrogens is 510 g/mol. The number of amides is 1. The van der Waals surface area contributed by atoms with Gasteiger partial charge in [0.2, 0.25) is 0 Å². The predicted octanol–water partition coefficient (Wildman–Crippen LogP) is 6.19. The van der Waals surface area contributed by atoms with Gasteiger partial charge in [0.25, 0.3) is 10.0 Å². The van der Waals surface area contributed by atoms with Crippen LogP contribution < -0.4 is 4.72 Å². The van der Waals surface area contributed by atoms with Gasteiger partial charge in [0.1, 0.15) is 10.7 Å². The van der Waals surface area contributed by atoms with Crippen LogP contribution in [0.4, 0.5) is 4.79 Å². The van der Waals surface area contributed by atoms with Crippen molar-refractivity contribution >= 4 is 27.7 Å². The Morgan fingerprint density at radius 3 is 2.38 bits per heavy atom. The molecule has 1 amide bonds. The summed E-state index contributed by atoms with van der Waals surface area (Å²) in [7, 11) is -4.12. The summed E-state index contributed by atoms with van der Waals surface area (Å²) in [6.45, 7) is 2.18. The van der Waals surface area contributed by atoms with E-state index in [1.165, 1.54) is 18.2 Å². The molecule has 1 heterocycles. The molecule has 9 heteroatoms. The first kappa shape index (κ1) is 26.4. The third-order valence-electron chi connectivity index (χ3n) is 5.78.